The van der Waals surface area contributed by atoms with E-state index in [2.05, 4.69) is 0 Å². The maximum atomic E-state index is 13.1. The largest absolute Gasteiger partial charge is 0.416 e. The van der Waals surface area contributed by atoms with Gasteiger partial charge in [0.25, 0.3) is 0 Å². The van der Waals surface area contributed by atoms with Crippen molar-refractivity contribution in [3.63, 3.8) is 0 Å². The number of nitrogens with two attached hydrogens (primary N) is 1. The first-order chi connectivity index (χ1) is 8.54. The molecule has 0 aliphatic heterocycles. The van der Waals surface area contributed by atoms with E-state index in [4.69, 9.17) is 5.73 Å². The van der Waals surface area contributed by atoms with Crippen molar-refractivity contribution in [2.45, 2.75) is 37.9 Å². The molecule has 0 saturated carbocycles. The number of hydrogen-bond acceptors (Lipinski definition) is 1. The van der Waals surface area contributed by atoms with Crippen molar-refractivity contribution in [1.82, 2.24) is 0 Å². The fourth-order valence-corrected chi connectivity index (χ4v) is 2.58. The molecule has 1 nitrogen and oxygen atoms in total. The van der Waals surface area contributed by atoms with E-state index in [0.29, 0.717) is 17.5 Å². The molecular formula is C14H17ClF3N. The Morgan fingerprint density at radius 2 is 1.95 bits per heavy atom. The lowest BCUT2D eigenvalue weighted by Crippen LogP contribution is -2.16. The molecule has 1 aromatic carbocycles. The zero-order valence-electron chi connectivity index (χ0n) is 10.4. The molecule has 0 saturated heterocycles. The molecule has 1 aliphatic carbocycles. The summed E-state index contributed by atoms with van der Waals surface area (Å²) in [7, 11) is 0. The number of allylic oxidation sites excluding steroid dienone is 2. The van der Waals surface area contributed by atoms with Crippen LogP contribution in [0.1, 0.15) is 41.9 Å². The molecule has 1 atom stereocenters. The Kier molecular flexibility index (Phi) is 5.44. The first-order valence-electron chi connectivity index (χ1n) is 6.08. The molecule has 1 unspecified atom stereocenters. The normalized spacial score (nSPS) is 19.1. The van der Waals surface area contributed by atoms with Gasteiger partial charge < -0.3 is 5.73 Å². The van der Waals surface area contributed by atoms with Crippen LogP contribution in [-0.2, 0) is 12.7 Å². The van der Waals surface area contributed by atoms with Gasteiger partial charge in [-0.05, 0) is 42.4 Å². The van der Waals surface area contributed by atoms with Gasteiger partial charge in [-0.25, -0.2) is 0 Å². The van der Waals surface area contributed by atoms with Gasteiger partial charge in [-0.3, -0.25) is 0 Å². The van der Waals surface area contributed by atoms with Crippen molar-refractivity contribution in [3.8, 4) is 0 Å². The molecule has 2 rings (SSSR count). The number of alkyl halides is 3. The average Bonchev–Trinajstić information content (AvgIpc) is 2.38. The zero-order valence-corrected chi connectivity index (χ0v) is 11.2. The predicted molar refractivity (Wildman–Crippen MR) is 72.3 cm³/mol. The fraction of sp³-hybridized carbons (Fsp3) is 0.429. The third-order valence-electron chi connectivity index (χ3n) is 3.40. The molecule has 106 valence electrons. The third-order valence-corrected chi connectivity index (χ3v) is 3.40. The first kappa shape index (κ1) is 16.1. The molecule has 0 aromatic heterocycles. The van der Waals surface area contributed by atoms with Gasteiger partial charge in [0.1, 0.15) is 0 Å². The summed E-state index contributed by atoms with van der Waals surface area (Å²) in [6, 6.07) is 4.29. The van der Waals surface area contributed by atoms with Crippen molar-refractivity contribution >= 4 is 12.4 Å². The van der Waals surface area contributed by atoms with E-state index >= 15 is 0 Å². The Balaban J connectivity index is 0.00000180. The maximum Gasteiger partial charge on any atom is 0.416 e. The van der Waals surface area contributed by atoms with E-state index in [-0.39, 0.29) is 24.9 Å². The number of halogens is 4. The summed E-state index contributed by atoms with van der Waals surface area (Å²) in [6.45, 7) is 0.152. The van der Waals surface area contributed by atoms with E-state index in [1.165, 1.54) is 6.07 Å². The van der Waals surface area contributed by atoms with Gasteiger partial charge in [0.15, 0.2) is 0 Å². The summed E-state index contributed by atoms with van der Waals surface area (Å²) in [4.78, 5) is 0. The summed E-state index contributed by atoms with van der Waals surface area (Å²) in [5.41, 5.74) is 6.08. The van der Waals surface area contributed by atoms with Gasteiger partial charge in [0.2, 0.25) is 0 Å². The molecule has 1 aliphatic rings. The van der Waals surface area contributed by atoms with E-state index < -0.39 is 11.7 Å². The smallest absolute Gasteiger partial charge is 0.326 e. The highest BCUT2D eigenvalue weighted by molar-refractivity contribution is 5.85. The SMILES string of the molecule is Cl.NCc1cccc(C(F)(F)F)c1C1CC=CCC1. The average molecular weight is 292 g/mol. The lowest BCUT2D eigenvalue weighted by atomic mass is 9.82. The Hall–Kier alpha value is -1.00. The standard InChI is InChI=1S/C14H16F3N.ClH/c15-14(16,17)12-8-4-7-11(9-18)13(12)10-5-2-1-3-6-10;/h1-2,4,7-8,10H,3,5-6,9,18H2;1H. The van der Waals surface area contributed by atoms with Crippen molar-refractivity contribution in [2.75, 3.05) is 0 Å². The van der Waals surface area contributed by atoms with Crippen LogP contribution in [-0.4, -0.2) is 0 Å². The van der Waals surface area contributed by atoms with Gasteiger partial charge in [-0.1, -0.05) is 24.3 Å². The highest BCUT2D eigenvalue weighted by Crippen LogP contribution is 2.40. The zero-order chi connectivity index (χ0) is 13.2. The van der Waals surface area contributed by atoms with E-state index in [1.54, 1.807) is 6.07 Å². The molecule has 0 amide bonds. The highest BCUT2D eigenvalue weighted by atomic mass is 35.5. The maximum absolute atomic E-state index is 13.1. The Labute approximate surface area is 117 Å². The van der Waals surface area contributed by atoms with E-state index in [0.717, 1.165) is 18.9 Å². The molecular weight excluding hydrogens is 275 g/mol. The summed E-state index contributed by atoms with van der Waals surface area (Å²) in [5.74, 6) is -0.0635. The molecule has 0 bridgehead atoms. The Morgan fingerprint density at radius 3 is 2.47 bits per heavy atom. The topological polar surface area (TPSA) is 26.0 Å². The van der Waals surface area contributed by atoms with E-state index in [1.807, 2.05) is 12.2 Å². The molecule has 0 heterocycles. The van der Waals surface area contributed by atoms with Crippen LogP contribution in [0.4, 0.5) is 13.2 Å². The van der Waals surface area contributed by atoms with Crippen molar-refractivity contribution < 1.29 is 13.2 Å². The summed E-state index contributed by atoms with van der Waals surface area (Å²) in [5, 5.41) is 0. The highest BCUT2D eigenvalue weighted by Gasteiger charge is 2.36. The second kappa shape index (κ2) is 6.44. The second-order valence-electron chi connectivity index (χ2n) is 4.56. The van der Waals surface area contributed by atoms with E-state index in [9.17, 15) is 13.2 Å². The van der Waals surface area contributed by atoms with Crippen LogP contribution in [0.25, 0.3) is 0 Å². The molecule has 0 radical (unpaired) electrons. The summed E-state index contributed by atoms with van der Waals surface area (Å²) in [6.07, 6.45) is 1.94. The van der Waals surface area contributed by atoms with Gasteiger partial charge >= 0.3 is 6.18 Å². The van der Waals surface area contributed by atoms with Crippen molar-refractivity contribution in [1.29, 1.82) is 0 Å². The van der Waals surface area contributed by atoms with Crippen LogP contribution in [0.5, 0.6) is 0 Å². The summed E-state index contributed by atoms with van der Waals surface area (Å²) < 4.78 is 39.2. The Bertz CT molecular complexity index is 454. The van der Waals surface area contributed by atoms with Gasteiger partial charge in [-0.2, -0.15) is 13.2 Å². The minimum Gasteiger partial charge on any atom is -0.326 e. The van der Waals surface area contributed by atoms with Crippen molar-refractivity contribution in [2.24, 2.45) is 5.73 Å². The van der Waals surface area contributed by atoms with Crippen LogP contribution >= 0.6 is 12.4 Å². The minimum atomic E-state index is -4.30. The lowest BCUT2D eigenvalue weighted by Gasteiger charge is -2.25. The molecule has 0 fully saturated rings. The predicted octanol–water partition coefficient (Wildman–Crippen LogP) is 4.41. The minimum absolute atomic E-state index is 0. The molecule has 19 heavy (non-hydrogen) atoms. The second-order valence-corrected chi connectivity index (χ2v) is 4.56. The van der Waals surface area contributed by atoms with Gasteiger partial charge in [0, 0.05) is 6.54 Å². The molecule has 5 heteroatoms. The fourth-order valence-electron chi connectivity index (χ4n) is 2.58. The van der Waals surface area contributed by atoms with Crippen LogP contribution < -0.4 is 5.73 Å². The quantitative estimate of drug-likeness (QED) is 0.803. The van der Waals surface area contributed by atoms with Crippen molar-refractivity contribution in [3.05, 3.63) is 47.0 Å². The van der Waals surface area contributed by atoms with Crippen LogP contribution in [0.2, 0.25) is 0 Å². The Morgan fingerprint density at radius 1 is 1.21 bits per heavy atom. The van der Waals surface area contributed by atoms with Crippen LogP contribution in [0.3, 0.4) is 0 Å². The molecule has 1 aromatic rings. The number of hydrogen-bond donors (Lipinski definition) is 1. The van der Waals surface area contributed by atoms with Crippen LogP contribution in [0, 0.1) is 0 Å². The third kappa shape index (κ3) is 3.51. The lowest BCUT2D eigenvalue weighted by molar-refractivity contribution is -0.138. The molecule has 2 N–H and O–H groups in total. The monoisotopic (exact) mass is 291 g/mol. The first-order valence-corrected chi connectivity index (χ1v) is 6.08. The number of rotatable bonds is 2. The molecule has 0 spiro atoms. The van der Waals surface area contributed by atoms with Crippen LogP contribution in [0.15, 0.2) is 30.4 Å². The van der Waals surface area contributed by atoms with Gasteiger partial charge in [-0.15, -0.1) is 12.4 Å². The van der Waals surface area contributed by atoms with Gasteiger partial charge in [0.05, 0.1) is 5.56 Å². The number of benzene rings is 1. The summed E-state index contributed by atoms with van der Waals surface area (Å²) >= 11 is 0.